The van der Waals surface area contributed by atoms with Crippen molar-refractivity contribution >= 4 is 58.9 Å². The van der Waals surface area contributed by atoms with Gasteiger partial charge < -0.3 is 20.4 Å². The molecule has 0 saturated carbocycles. The zero-order valence-electron chi connectivity index (χ0n) is 25.0. The van der Waals surface area contributed by atoms with Gasteiger partial charge in [0.2, 0.25) is 25.9 Å². The molecule has 0 amide bonds. The number of H-pyrrole nitrogens is 2. The number of aromatic nitrogens is 4. The molecule has 0 aliphatic carbocycles. The Morgan fingerprint density at radius 1 is 0.812 bits per heavy atom. The van der Waals surface area contributed by atoms with Crippen LogP contribution in [0.2, 0.25) is 0 Å². The highest BCUT2D eigenvalue weighted by molar-refractivity contribution is 7.91. The zero-order chi connectivity index (χ0) is 36.5. The Bertz CT molecular complexity index is 2420. The van der Waals surface area contributed by atoms with Crippen molar-refractivity contribution in [1.82, 2.24) is 19.3 Å². The molecule has 22 nitrogen and oxygen atoms in total. The molecule has 2 aromatic carbocycles. The third kappa shape index (κ3) is 8.36. The van der Waals surface area contributed by atoms with Crippen LogP contribution < -0.4 is 37.5 Å². The van der Waals surface area contributed by atoms with E-state index in [1.54, 1.807) is 23.5 Å². The molecule has 0 bridgehead atoms. The van der Waals surface area contributed by atoms with Gasteiger partial charge in [-0.1, -0.05) is 13.8 Å². The first-order chi connectivity index (χ1) is 22.0. The lowest BCUT2D eigenvalue weighted by Gasteiger charge is -2.21. The van der Waals surface area contributed by atoms with E-state index in [4.69, 9.17) is 0 Å². The number of aromatic amines is 2. The van der Waals surface area contributed by atoms with Gasteiger partial charge in [-0.05, 0) is 18.1 Å². The predicted molar refractivity (Wildman–Crippen MR) is 169 cm³/mol. The smallest absolute Gasteiger partial charge is 0.348 e. The lowest BCUT2D eigenvalue weighted by Crippen LogP contribution is -2.43. The summed E-state index contributed by atoms with van der Waals surface area (Å²) in [5.41, 5.74) is -6.21. The molecule has 2 aromatic heterocycles. The highest BCUT2D eigenvalue weighted by Gasteiger charge is 2.23. The molecule has 0 saturated heterocycles. The molecule has 0 spiro atoms. The van der Waals surface area contributed by atoms with Gasteiger partial charge in [0.15, 0.2) is 0 Å². The lowest BCUT2D eigenvalue weighted by atomic mass is 10.0. The SMILES string of the molecule is CC(C)C(CO)Nc1cc2c(=O)n(NS(C)(=O)=O)c(=O)[nH]c2cc1[N+](=O)[O-].CS(=O)(=O)Nn1c(=O)[nH]c2cc([N+](=O)[O-])c(F)cc2c1=O. The van der Waals surface area contributed by atoms with Crippen LogP contribution in [0, 0.1) is 32.0 Å². The van der Waals surface area contributed by atoms with E-state index in [2.05, 4.69) is 15.3 Å². The molecule has 4 rings (SSSR count). The van der Waals surface area contributed by atoms with Crippen molar-refractivity contribution < 1.29 is 36.2 Å². The second-order valence-corrected chi connectivity index (χ2v) is 13.8. The first kappa shape index (κ1) is 36.8. The summed E-state index contributed by atoms with van der Waals surface area (Å²) in [6.07, 6.45) is 1.47. The molecular weight excluding hydrogens is 693 g/mol. The van der Waals surface area contributed by atoms with Crippen molar-refractivity contribution in [1.29, 1.82) is 0 Å². The number of benzene rings is 2. The molecule has 0 aliphatic heterocycles. The fraction of sp³-hybridized carbons (Fsp3) is 0.304. The molecular formula is C23H26FN9O13S2. The molecule has 48 heavy (non-hydrogen) atoms. The van der Waals surface area contributed by atoms with Gasteiger partial charge in [-0.25, -0.2) is 36.1 Å². The second-order valence-electron chi connectivity index (χ2n) is 10.3. The van der Waals surface area contributed by atoms with E-state index < -0.39 is 81.0 Å². The van der Waals surface area contributed by atoms with Crippen LogP contribution in [0.5, 0.6) is 0 Å². The van der Waals surface area contributed by atoms with Gasteiger partial charge in [0, 0.05) is 12.1 Å². The molecule has 25 heteroatoms. The van der Waals surface area contributed by atoms with Gasteiger partial charge in [0.05, 0.1) is 56.8 Å². The first-order valence-electron chi connectivity index (χ1n) is 13.0. The minimum Gasteiger partial charge on any atom is -0.394 e. The number of fused-ring (bicyclic) bond motifs is 2. The maximum Gasteiger partial charge on any atom is 0.348 e. The van der Waals surface area contributed by atoms with Crippen molar-refractivity contribution in [2.24, 2.45) is 5.92 Å². The van der Waals surface area contributed by atoms with Gasteiger partial charge in [-0.15, -0.1) is 0 Å². The Kier molecular flexibility index (Phi) is 10.4. The van der Waals surface area contributed by atoms with E-state index in [1.165, 1.54) is 0 Å². The van der Waals surface area contributed by atoms with Gasteiger partial charge in [-0.2, -0.15) is 13.7 Å². The maximum atomic E-state index is 13.5. The van der Waals surface area contributed by atoms with Crippen molar-refractivity contribution in [2.45, 2.75) is 19.9 Å². The first-order valence-corrected chi connectivity index (χ1v) is 16.8. The Labute approximate surface area is 266 Å². The average molecular weight is 720 g/mol. The summed E-state index contributed by atoms with van der Waals surface area (Å²) in [6, 6.07) is 2.84. The van der Waals surface area contributed by atoms with Gasteiger partial charge in [-0.3, -0.25) is 29.8 Å². The number of halogens is 1. The maximum absolute atomic E-state index is 13.5. The Balaban J connectivity index is 0.000000269. The second kappa shape index (κ2) is 13.6. The predicted octanol–water partition coefficient (Wildman–Crippen LogP) is -1.23. The number of nitrogens with zero attached hydrogens (tertiary/aromatic N) is 4. The molecule has 260 valence electrons. The Morgan fingerprint density at radius 2 is 1.23 bits per heavy atom. The van der Waals surface area contributed by atoms with Crippen LogP contribution in [0.4, 0.5) is 21.5 Å². The summed E-state index contributed by atoms with van der Waals surface area (Å²) < 4.78 is 58.7. The molecule has 2 heterocycles. The number of nitrogens with one attached hydrogen (secondary N) is 5. The minimum absolute atomic E-state index is 0.0460. The van der Waals surface area contributed by atoms with E-state index in [1.807, 2.05) is 0 Å². The normalized spacial score (nSPS) is 12.3. The highest BCUT2D eigenvalue weighted by Crippen LogP contribution is 2.29. The third-order valence-electron chi connectivity index (χ3n) is 6.23. The van der Waals surface area contributed by atoms with Crippen LogP contribution >= 0.6 is 0 Å². The van der Waals surface area contributed by atoms with Crippen LogP contribution in [-0.4, -0.2) is 76.3 Å². The molecule has 6 N–H and O–H groups in total. The topological polar surface area (TPSA) is 321 Å². The van der Waals surface area contributed by atoms with E-state index >= 15 is 0 Å². The summed E-state index contributed by atoms with van der Waals surface area (Å²) in [5, 5.41) is 33.6. The number of hydrogen-bond donors (Lipinski definition) is 6. The number of anilines is 1. The van der Waals surface area contributed by atoms with Crippen molar-refractivity contribution in [2.75, 3.05) is 34.1 Å². The highest BCUT2D eigenvalue weighted by atomic mass is 32.2. The number of hydrogen-bond acceptors (Lipinski definition) is 14. The summed E-state index contributed by atoms with van der Waals surface area (Å²) >= 11 is 0. The van der Waals surface area contributed by atoms with Crippen LogP contribution in [0.3, 0.4) is 0 Å². The minimum atomic E-state index is -3.93. The fourth-order valence-corrected chi connectivity index (χ4v) is 5.00. The van der Waals surface area contributed by atoms with Gasteiger partial charge in [0.25, 0.3) is 16.8 Å². The van der Waals surface area contributed by atoms with Crippen LogP contribution in [0.15, 0.2) is 43.4 Å². The Morgan fingerprint density at radius 3 is 1.60 bits per heavy atom. The molecule has 4 aromatic rings. The summed E-state index contributed by atoms with van der Waals surface area (Å²) in [4.78, 5) is 76.0. The third-order valence-corrected chi connectivity index (χ3v) is 7.26. The van der Waals surface area contributed by atoms with Crippen LogP contribution in [0.1, 0.15) is 13.8 Å². The number of aliphatic hydroxyl groups is 1. The van der Waals surface area contributed by atoms with Crippen molar-refractivity contribution in [3.05, 3.63) is 92.0 Å². The Hall–Kier alpha value is -5.69. The van der Waals surface area contributed by atoms with E-state index in [0.29, 0.717) is 18.4 Å². The lowest BCUT2D eigenvalue weighted by molar-refractivity contribution is -0.387. The molecule has 0 aliphatic rings. The summed E-state index contributed by atoms with van der Waals surface area (Å²) in [5.74, 6) is -1.37. The molecule has 0 fully saturated rings. The van der Waals surface area contributed by atoms with Gasteiger partial charge in [0.1, 0.15) is 5.69 Å². The largest absolute Gasteiger partial charge is 0.394 e. The standard InChI is InChI=1S/C14H19N5O7S.C9H7FN4O6S/c1-7(2)11(6-20)15-10-4-8-9(5-12(10)19(23)24)16-14(22)18(13(8)21)17-27(3,25)26;1-21(19,20)12-13-8(15)4-2-5(10)7(14(17)18)3-6(4)11-9(13)16/h4-5,7,11,15,17,20H,6H2,1-3H3,(H,16,22);2-3,12H,1H3,(H,11,16). The summed E-state index contributed by atoms with van der Waals surface area (Å²) in [6.45, 7) is 3.28. The molecule has 0 radical (unpaired) electrons. The number of aliphatic hydroxyl groups excluding tert-OH is 1. The zero-order valence-corrected chi connectivity index (χ0v) is 26.6. The van der Waals surface area contributed by atoms with Crippen LogP contribution in [-0.2, 0) is 20.0 Å². The quantitative estimate of drug-likeness (QED) is 0.0826. The van der Waals surface area contributed by atoms with Gasteiger partial charge >= 0.3 is 17.1 Å². The van der Waals surface area contributed by atoms with Crippen molar-refractivity contribution in [3.63, 3.8) is 0 Å². The van der Waals surface area contributed by atoms with E-state index in [-0.39, 0.29) is 44.0 Å². The van der Waals surface area contributed by atoms with Crippen molar-refractivity contribution in [3.8, 4) is 0 Å². The molecule has 1 unspecified atom stereocenters. The average Bonchev–Trinajstić information content (AvgIpc) is 2.95. The fourth-order valence-electron chi connectivity index (χ4n) is 4.01. The number of nitro benzene ring substituents is 2. The summed E-state index contributed by atoms with van der Waals surface area (Å²) in [7, 11) is -7.85. The van der Waals surface area contributed by atoms with E-state index in [0.717, 1.165) is 18.4 Å². The van der Waals surface area contributed by atoms with E-state index in [9.17, 15) is 65.7 Å². The number of nitro groups is 2. The monoisotopic (exact) mass is 719 g/mol. The van der Waals surface area contributed by atoms with Crippen LogP contribution in [0.25, 0.3) is 21.8 Å². The number of rotatable bonds is 10. The number of sulfonamides is 2. The molecule has 1 atom stereocenters.